The van der Waals surface area contributed by atoms with Gasteiger partial charge in [0.25, 0.3) is 5.91 Å². The molecule has 0 saturated carbocycles. The van der Waals surface area contributed by atoms with Crippen LogP contribution < -0.4 is 11.1 Å². The number of amides is 1. The second-order valence-electron chi connectivity index (χ2n) is 6.82. The third-order valence-corrected chi connectivity index (χ3v) is 5.20. The van der Waals surface area contributed by atoms with Gasteiger partial charge in [0.15, 0.2) is 11.6 Å². The minimum absolute atomic E-state index is 0.0255. The van der Waals surface area contributed by atoms with Gasteiger partial charge in [-0.2, -0.15) is 10.2 Å². The second-order valence-corrected chi connectivity index (χ2v) is 7.64. The molecule has 3 heterocycles. The number of carbonyl (C=O) groups excluding carboxylic acids is 2. The average molecular weight is 486 g/mol. The van der Waals surface area contributed by atoms with E-state index in [4.69, 9.17) is 28.9 Å². The Kier molecular flexibility index (Phi) is 6.03. The first kappa shape index (κ1) is 22.3. The third-order valence-electron chi connectivity index (χ3n) is 4.61. The van der Waals surface area contributed by atoms with Crippen molar-refractivity contribution in [2.24, 2.45) is 0 Å². The van der Waals surface area contributed by atoms with Gasteiger partial charge in [0, 0.05) is 22.9 Å². The van der Waals surface area contributed by atoms with E-state index in [0.717, 1.165) is 6.07 Å². The highest BCUT2D eigenvalue weighted by Crippen LogP contribution is 2.35. The predicted octanol–water partition coefficient (Wildman–Crippen LogP) is 4.21. The highest BCUT2D eigenvalue weighted by Gasteiger charge is 2.21. The molecule has 166 valence electrons. The first-order valence-electron chi connectivity index (χ1n) is 9.33. The molecular weight excluding hydrogens is 472 g/mol. The van der Waals surface area contributed by atoms with Crippen molar-refractivity contribution in [1.29, 1.82) is 0 Å². The van der Waals surface area contributed by atoms with Gasteiger partial charge in [0.1, 0.15) is 5.82 Å². The maximum absolute atomic E-state index is 15.0. The number of carbonyl (C=O) groups is 2. The van der Waals surface area contributed by atoms with E-state index < -0.39 is 11.7 Å². The summed E-state index contributed by atoms with van der Waals surface area (Å²) in [5.74, 6) is -1.56. The number of pyridine rings is 2. The number of anilines is 2. The molecule has 12 heteroatoms. The fourth-order valence-corrected chi connectivity index (χ4v) is 3.62. The van der Waals surface area contributed by atoms with E-state index in [1.807, 2.05) is 0 Å². The van der Waals surface area contributed by atoms with Gasteiger partial charge in [0.05, 0.1) is 51.8 Å². The van der Waals surface area contributed by atoms with Crippen molar-refractivity contribution in [3.05, 3.63) is 76.2 Å². The Morgan fingerprint density at radius 1 is 1.03 bits per heavy atom. The number of ketones is 1. The normalized spacial score (nSPS) is 10.8. The number of aromatic nitrogens is 5. The Bertz CT molecular complexity index is 1390. The first-order valence-corrected chi connectivity index (χ1v) is 10.1. The van der Waals surface area contributed by atoms with Crippen molar-refractivity contribution >= 4 is 46.3 Å². The lowest BCUT2D eigenvalue weighted by atomic mass is 9.96. The van der Waals surface area contributed by atoms with Crippen molar-refractivity contribution in [2.75, 3.05) is 11.1 Å². The summed E-state index contributed by atoms with van der Waals surface area (Å²) in [5, 5.41) is 10.6. The lowest BCUT2D eigenvalue weighted by Crippen LogP contribution is -2.14. The van der Waals surface area contributed by atoms with Crippen molar-refractivity contribution in [3.8, 4) is 16.9 Å². The Hall–Kier alpha value is -3.89. The molecule has 0 aliphatic carbocycles. The number of hydrogen-bond donors (Lipinski definition) is 2. The topological polar surface area (TPSA) is 129 Å². The summed E-state index contributed by atoms with van der Waals surface area (Å²) < 4.78 is 15.0. The molecule has 0 bridgehead atoms. The van der Waals surface area contributed by atoms with Crippen LogP contribution >= 0.6 is 23.2 Å². The van der Waals surface area contributed by atoms with Crippen molar-refractivity contribution < 1.29 is 14.0 Å². The summed E-state index contributed by atoms with van der Waals surface area (Å²) in [6.45, 7) is 1.31. The molecule has 0 spiro atoms. The van der Waals surface area contributed by atoms with Gasteiger partial charge in [-0.25, -0.2) is 9.37 Å². The number of hydrogen-bond acceptors (Lipinski definition) is 7. The van der Waals surface area contributed by atoms with E-state index in [9.17, 15) is 9.59 Å². The number of nitrogens with zero attached hydrogens (tertiary/aromatic N) is 5. The SMILES string of the molecule is CC(=O)c1cncc(N)c1-c1cc(Cl)c(C(=O)Nc2cnc(-n3nccn3)c(Cl)c2)cc1F. The molecule has 1 aromatic carbocycles. The number of halogens is 3. The zero-order valence-electron chi connectivity index (χ0n) is 16.9. The van der Waals surface area contributed by atoms with Crippen molar-refractivity contribution in [3.63, 3.8) is 0 Å². The quantitative estimate of drug-likeness (QED) is 0.405. The number of nitrogen functional groups attached to an aromatic ring is 1. The van der Waals surface area contributed by atoms with E-state index in [-0.39, 0.29) is 55.3 Å². The molecule has 0 saturated heterocycles. The van der Waals surface area contributed by atoms with E-state index in [1.165, 1.54) is 54.8 Å². The number of nitrogens with two attached hydrogens (primary N) is 1. The molecule has 0 radical (unpaired) electrons. The molecule has 33 heavy (non-hydrogen) atoms. The smallest absolute Gasteiger partial charge is 0.257 e. The lowest BCUT2D eigenvalue weighted by molar-refractivity contribution is 0.101. The zero-order valence-corrected chi connectivity index (χ0v) is 18.4. The van der Waals surface area contributed by atoms with E-state index in [0.29, 0.717) is 0 Å². The van der Waals surface area contributed by atoms with E-state index in [1.54, 1.807) is 0 Å². The average Bonchev–Trinajstić information content (AvgIpc) is 3.29. The standard InChI is InChI=1S/C21H14Cl2FN7O2/c1-10(32)14-8-26-9-18(25)19(14)13-5-15(22)12(6-17(13)24)21(33)30-11-4-16(23)20(27-7-11)31-28-2-3-29-31/h2-9H,25H2,1H3,(H,30,33). The van der Waals surface area contributed by atoms with Gasteiger partial charge in [-0.3, -0.25) is 14.6 Å². The van der Waals surface area contributed by atoms with Gasteiger partial charge in [-0.15, -0.1) is 4.80 Å². The molecule has 3 aromatic heterocycles. The van der Waals surface area contributed by atoms with E-state index in [2.05, 4.69) is 25.5 Å². The summed E-state index contributed by atoms with van der Waals surface area (Å²) in [6.07, 6.45) is 6.87. The van der Waals surface area contributed by atoms with Crippen LogP contribution in [0.1, 0.15) is 27.6 Å². The van der Waals surface area contributed by atoms with Gasteiger partial charge in [-0.05, 0) is 25.1 Å². The Morgan fingerprint density at radius 3 is 2.42 bits per heavy atom. The molecule has 9 nitrogen and oxygen atoms in total. The second kappa shape index (κ2) is 8.93. The Labute approximate surface area is 196 Å². The van der Waals surface area contributed by atoms with Crippen molar-refractivity contribution in [2.45, 2.75) is 6.92 Å². The van der Waals surface area contributed by atoms with Gasteiger partial charge in [0.2, 0.25) is 0 Å². The summed E-state index contributed by atoms with van der Waals surface area (Å²) in [7, 11) is 0. The first-order chi connectivity index (χ1) is 15.8. The monoisotopic (exact) mass is 485 g/mol. The number of nitrogens with one attached hydrogen (secondary N) is 1. The summed E-state index contributed by atoms with van der Waals surface area (Å²) in [4.78, 5) is 33.9. The maximum atomic E-state index is 15.0. The molecule has 0 aliphatic heterocycles. The van der Waals surface area contributed by atoms with Crippen LogP contribution in [-0.2, 0) is 0 Å². The maximum Gasteiger partial charge on any atom is 0.257 e. The van der Waals surface area contributed by atoms with Crippen LogP contribution in [0, 0.1) is 5.82 Å². The highest BCUT2D eigenvalue weighted by molar-refractivity contribution is 6.35. The van der Waals surface area contributed by atoms with Crippen LogP contribution in [0.15, 0.2) is 49.2 Å². The van der Waals surface area contributed by atoms with Crippen LogP contribution in [0.2, 0.25) is 10.0 Å². The molecule has 0 unspecified atom stereocenters. The van der Waals surface area contributed by atoms with Crippen LogP contribution in [0.3, 0.4) is 0 Å². The zero-order chi connectivity index (χ0) is 23.7. The Morgan fingerprint density at radius 2 is 1.76 bits per heavy atom. The Balaban J connectivity index is 1.65. The molecular formula is C21H14Cl2FN7O2. The van der Waals surface area contributed by atoms with Crippen molar-refractivity contribution in [1.82, 2.24) is 25.0 Å². The van der Waals surface area contributed by atoms with E-state index >= 15 is 4.39 Å². The van der Waals surface area contributed by atoms with Crippen LogP contribution in [0.4, 0.5) is 15.8 Å². The largest absolute Gasteiger partial charge is 0.397 e. The molecule has 0 atom stereocenters. The fraction of sp³-hybridized carbons (Fsp3) is 0.0476. The summed E-state index contributed by atoms with van der Waals surface area (Å²) in [5.41, 5.74) is 6.41. The number of rotatable bonds is 5. The van der Waals surface area contributed by atoms with Gasteiger partial charge >= 0.3 is 0 Å². The van der Waals surface area contributed by atoms with Gasteiger partial charge < -0.3 is 11.1 Å². The van der Waals surface area contributed by atoms with Crippen LogP contribution in [0.25, 0.3) is 16.9 Å². The molecule has 4 aromatic rings. The van der Waals surface area contributed by atoms with Crippen LogP contribution in [0.5, 0.6) is 0 Å². The fourth-order valence-electron chi connectivity index (χ4n) is 3.13. The summed E-state index contributed by atoms with van der Waals surface area (Å²) >= 11 is 12.5. The molecule has 1 amide bonds. The summed E-state index contributed by atoms with van der Waals surface area (Å²) in [6, 6.07) is 3.65. The lowest BCUT2D eigenvalue weighted by Gasteiger charge is -2.14. The third kappa shape index (κ3) is 4.38. The molecule has 4 rings (SSSR count). The number of benzene rings is 1. The molecule has 0 aliphatic rings. The van der Waals surface area contributed by atoms with Crippen LogP contribution in [-0.4, -0.2) is 36.7 Å². The minimum Gasteiger partial charge on any atom is -0.397 e. The predicted molar refractivity (Wildman–Crippen MR) is 121 cm³/mol. The number of Topliss-reactive ketones (excluding diaryl/α,β-unsaturated/α-hetero) is 1. The van der Waals surface area contributed by atoms with Gasteiger partial charge in [-0.1, -0.05) is 23.2 Å². The molecule has 0 fully saturated rings. The minimum atomic E-state index is -0.791. The highest BCUT2D eigenvalue weighted by atomic mass is 35.5. The molecule has 3 N–H and O–H groups in total.